The number of hydrogen-bond acceptors (Lipinski definition) is 3. The maximum absolute atomic E-state index is 13.7. The Morgan fingerprint density at radius 2 is 1.90 bits per heavy atom. The van der Waals surface area contributed by atoms with Gasteiger partial charge >= 0.3 is 0 Å². The number of benzene rings is 2. The second-order valence-corrected chi connectivity index (χ2v) is 9.73. The minimum absolute atomic E-state index is 0.128. The molecule has 1 aromatic heterocycles. The highest BCUT2D eigenvalue weighted by molar-refractivity contribution is 7.89. The van der Waals surface area contributed by atoms with Crippen LogP contribution in [0.2, 0.25) is 0 Å². The van der Waals surface area contributed by atoms with E-state index in [2.05, 4.69) is 45.7 Å². The van der Waals surface area contributed by atoms with Crippen LogP contribution in [0.5, 0.6) is 0 Å². The SMILES string of the molecule is CCc1cccc2c(CCNC(=NC)NCc3cc(F)ccc3CS(C)(=O)=O)c[nH]c12. The van der Waals surface area contributed by atoms with Gasteiger partial charge in [0.05, 0.1) is 5.75 Å². The summed E-state index contributed by atoms with van der Waals surface area (Å²) in [5, 5.41) is 7.64. The van der Waals surface area contributed by atoms with Crippen molar-refractivity contribution < 1.29 is 12.8 Å². The first-order valence-corrected chi connectivity index (χ1v) is 12.3. The highest BCUT2D eigenvalue weighted by Crippen LogP contribution is 2.22. The van der Waals surface area contributed by atoms with Crippen molar-refractivity contribution in [2.75, 3.05) is 19.8 Å². The zero-order valence-corrected chi connectivity index (χ0v) is 18.9. The molecule has 6 nitrogen and oxygen atoms in total. The average Bonchev–Trinajstić information content (AvgIpc) is 3.14. The number of aryl methyl sites for hydroxylation is 1. The zero-order chi connectivity index (χ0) is 22.4. The van der Waals surface area contributed by atoms with Crippen LogP contribution in [-0.4, -0.2) is 39.2 Å². The number of rotatable bonds is 8. The topological polar surface area (TPSA) is 86.3 Å². The molecule has 0 aliphatic carbocycles. The van der Waals surface area contributed by atoms with E-state index in [1.54, 1.807) is 7.05 Å². The summed E-state index contributed by atoms with van der Waals surface area (Å²) in [5.41, 5.74) is 4.89. The molecule has 0 atom stereocenters. The normalized spacial score (nSPS) is 12.3. The summed E-state index contributed by atoms with van der Waals surface area (Å²) in [4.78, 5) is 7.59. The fourth-order valence-electron chi connectivity index (χ4n) is 3.67. The molecule has 0 aliphatic heterocycles. The summed E-state index contributed by atoms with van der Waals surface area (Å²) in [7, 11) is -1.55. The zero-order valence-electron chi connectivity index (χ0n) is 18.1. The molecule has 0 spiro atoms. The molecular formula is C23H29FN4O2S. The number of aromatic amines is 1. The minimum atomic E-state index is -3.22. The standard InChI is InChI=1S/C23H29FN4O2S/c1-4-16-6-5-7-21-17(13-27-22(16)21)10-11-26-23(25-2)28-14-19-12-20(24)9-8-18(19)15-31(3,29)30/h5-9,12-13,27H,4,10-11,14-15H2,1-3H3,(H2,25,26,28). The van der Waals surface area contributed by atoms with E-state index in [-0.39, 0.29) is 12.3 Å². The van der Waals surface area contributed by atoms with Crippen LogP contribution in [0.3, 0.4) is 0 Å². The number of nitrogens with zero attached hydrogens (tertiary/aromatic N) is 1. The van der Waals surface area contributed by atoms with Crippen LogP contribution in [0, 0.1) is 5.82 Å². The number of H-pyrrole nitrogens is 1. The Balaban J connectivity index is 1.61. The average molecular weight is 445 g/mol. The fourth-order valence-corrected chi connectivity index (χ4v) is 4.52. The fraction of sp³-hybridized carbons (Fsp3) is 0.348. The van der Waals surface area contributed by atoms with Gasteiger partial charge in [0.2, 0.25) is 0 Å². The molecule has 2 aromatic carbocycles. The highest BCUT2D eigenvalue weighted by atomic mass is 32.2. The van der Waals surface area contributed by atoms with Crippen molar-refractivity contribution in [2.45, 2.75) is 32.1 Å². The molecule has 0 amide bonds. The van der Waals surface area contributed by atoms with Crippen molar-refractivity contribution in [3.8, 4) is 0 Å². The van der Waals surface area contributed by atoms with Crippen molar-refractivity contribution in [1.82, 2.24) is 15.6 Å². The van der Waals surface area contributed by atoms with E-state index in [9.17, 15) is 12.8 Å². The van der Waals surface area contributed by atoms with E-state index in [0.29, 0.717) is 23.6 Å². The van der Waals surface area contributed by atoms with E-state index >= 15 is 0 Å². The van der Waals surface area contributed by atoms with Crippen LogP contribution in [0.4, 0.5) is 4.39 Å². The molecule has 8 heteroatoms. The van der Waals surface area contributed by atoms with Gasteiger partial charge in [0.1, 0.15) is 5.82 Å². The van der Waals surface area contributed by atoms with Crippen molar-refractivity contribution in [1.29, 1.82) is 0 Å². The van der Waals surface area contributed by atoms with E-state index < -0.39 is 15.7 Å². The predicted molar refractivity (Wildman–Crippen MR) is 125 cm³/mol. The van der Waals surface area contributed by atoms with Crippen LogP contribution < -0.4 is 10.6 Å². The molecule has 0 aliphatic rings. The molecule has 3 N–H and O–H groups in total. The first-order valence-electron chi connectivity index (χ1n) is 10.3. The number of nitrogens with one attached hydrogen (secondary N) is 3. The Kier molecular flexibility index (Phi) is 7.33. The molecule has 3 aromatic rings. The molecule has 0 radical (unpaired) electrons. The predicted octanol–water partition coefficient (Wildman–Crippen LogP) is 3.32. The summed E-state index contributed by atoms with van der Waals surface area (Å²) in [6.45, 7) is 3.09. The van der Waals surface area contributed by atoms with Gasteiger partial charge in [-0.05, 0) is 47.2 Å². The van der Waals surface area contributed by atoms with Gasteiger partial charge in [0.25, 0.3) is 0 Å². The van der Waals surface area contributed by atoms with Gasteiger partial charge in [-0.1, -0.05) is 31.2 Å². The van der Waals surface area contributed by atoms with Crippen molar-refractivity contribution in [3.63, 3.8) is 0 Å². The third kappa shape index (κ3) is 6.07. The molecular weight excluding hydrogens is 415 g/mol. The molecule has 0 saturated heterocycles. The van der Waals surface area contributed by atoms with E-state index in [4.69, 9.17) is 0 Å². The Morgan fingerprint density at radius 3 is 2.61 bits per heavy atom. The molecule has 0 fully saturated rings. The van der Waals surface area contributed by atoms with Gasteiger partial charge in [-0.25, -0.2) is 12.8 Å². The van der Waals surface area contributed by atoms with Crippen LogP contribution >= 0.6 is 0 Å². The number of halogens is 1. The van der Waals surface area contributed by atoms with Gasteiger partial charge < -0.3 is 15.6 Å². The smallest absolute Gasteiger partial charge is 0.191 e. The third-order valence-corrected chi connectivity index (χ3v) is 6.05. The Hall–Kier alpha value is -2.87. The van der Waals surface area contributed by atoms with E-state index in [0.717, 1.165) is 12.8 Å². The summed E-state index contributed by atoms with van der Waals surface area (Å²) in [6, 6.07) is 10.5. The number of aromatic nitrogens is 1. The van der Waals surface area contributed by atoms with Crippen molar-refractivity contribution in [3.05, 3.63) is 70.7 Å². The number of para-hydroxylation sites is 1. The van der Waals surface area contributed by atoms with Crippen LogP contribution in [0.1, 0.15) is 29.2 Å². The van der Waals surface area contributed by atoms with Crippen LogP contribution in [0.25, 0.3) is 10.9 Å². The number of fused-ring (bicyclic) bond motifs is 1. The lowest BCUT2D eigenvalue weighted by atomic mass is 10.1. The van der Waals surface area contributed by atoms with Gasteiger partial charge in [-0.2, -0.15) is 0 Å². The second-order valence-electron chi connectivity index (χ2n) is 7.59. The Bertz CT molecular complexity index is 1190. The van der Waals surface area contributed by atoms with Gasteiger partial charge in [-0.15, -0.1) is 0 Å². The molecule has 0 saturated carbocycles. The first-order chi connectivity index (χ1) is 14.8. The van der Waals surface area contributed by atoms with Gasteiger partial charge in [0.15, 0.2) is 15.8 Å². The maximum atomic E-state index is 13.7. The second kappa shape index (κ2) is 9.96. The number of aliphatic imine (C=N–C) groups is 1. The summed E-state index contributed by atoms with van der Waals surface area (Å²) < 4.78 is 37.0. The highest BCUT2D eigenvalue weighted by Gasteiger charge is 2.11. The summed E-state index contributed by atoms with van der Waals surface area (Å²) in [5.74, 6) is 0.0443. The number of guanidine groups is 1. The summed E-state index contributed by atoms with van der Waals surface area (Å²) in [6.07, 6.45) is 5.01. The van der Waals surface area contributed by atoms with Crippen LogP contribution in [-0.2, 0) is 35.0 Å². The van der Waals surface area contributed by atoms with Crippen LogP contribution in [0.15, 0.2) is 47.6 Å². The Labute approximate surface area is 182 Å². The largest absolute Gasteiger partial charge is 0.361 e. The van der Waals surface area contributed by atoms with Gasteiger partial charge in [-0.3, -0.25) is 4.99 Å². The third-order valence-electron chi connectivity index (χ3n) is 5.21. The monoisotopic (exact) mass is 444 g/mol. The van der Waals surface area contributed by atoms with Gasteiger partial charge in [0, 0.05) is 43.5 Å². The lowest BCUT2D eigenvalue weighted by Crippen LogP contribution is -2.38. The molecule has 0 bridgehead atoms. The molecule has 0 unspecified atom stereocenters. The first kappa shape index (κ1) is 22.8. The van der Waals surface area contributed by atoms with E-state index in [1.807, 2.05) is 6.20 Å². The van der Waals surface area contributed by atoms with Crippen molar-refractivity contribution in [2.24, 2.45) is 4.99 Å². The molecule has 1 heterocycles. The lowest BCUT2D eigenvalue weighted by Gasteiger charge is -2.14. The lowest BCUT2D eigenvalue weighted by molar-refractivity contribution is 0.599. The summed E-state index contributed by atoms with van der Waals surface area (Å²) >= 11 is 0. The van der Waals surface area contributed by atoms with E-state index in [1.165, 1.54) is 46.5 Å². The Morgan fingerprint density at radius 1 is 1.10 bits per heavy atom. The molecule has 31 heavy (non-hydrogen) atoms. The molecule has 3 rings (SSSR count). The number of hydrogen-bond donors (Lipinski definition) is 3. The minimum Gasteiger partial charge on any atom is -0.361 e. The number of sulfone groups is 1. The quantitative estimate of drug-likeness (QED) is 0.367. The maximum Gasteiger partial charge on any atom is 0.191 e. The van der Waals surface area contributed by atoms with Crippen molar-refractivity contribution >= 4 is 26.7 Å². The molecule has 166 valence electrons.